The number of aromatic nitrogens is 1. The van der Waals surface area contributed by atoms with E-state index in [-0.39, 0.29) is 26.6 Å². The Morgan fingerprint density at radius 2 is 1.71 bits per heavy atom. The van der Waals surface area contributed by atoms with Crippen LogP contribution in [-0.4, -0.2) is 23.0 Å². The smallest absolute Gasteiger partial charge is 0.416 e. The SMILES string of the molecule is CC(OC(=O)c1nc(Cl)c(Cl)c(N)c1Cl)C(=O)Nc1ccc(C(F)(F)F)cc1. The number of nitrogens with one attached hydrogen (secondary N) is 1. The third kappa shape index (κ3) is 4.98. The van der Waals surface area contributed by atoms with Crippen LogP contribution in [0.1, 0.15) is 23.0 Å². The monoisotopic (exact) mass is 455 g/mol. The standard InChI is InChI=1S/C16H11Cl3F3N3O3/c1-6(14(26)24-8-4-2-7(3-5-8)16(20,21)22)28-15(27)12-9(17)11(23)10(18)13(19)25-12/h2-6H,1H3,(H2,23,25)(H,24,26). The number of alkyl halides is 3. The predicted molar refractivity (Wildman–Crippen MR) is 98.6 cm³/mol. The number of rotatable bonds is 4. The Morgan fingerprint density at radius 3 is 2.25 bits per heavy atom. The van der Waals surface area contributed by atoms with Crippen LogP contribution in [0.5, 0.6) is 0 Å². The third-order valence-electron chi connectivity index (χ3n) is 3.40. The van der Waals surface area contributed by atoms with Crippen molar-refractivity contribution in [2.45, 2.75) is 19.2 Å². The number of carbonyl (C=O) groups is 2. The molecule has 3 N–H and O–H groups in total. The molecule has 0 aliphatic carbocycles. The van der Waals surface area contributed by atoms with Gasteiger partial charge in [-0.15, -0.1) is 0 Å². The molecule has 1 aromatic carbocycles. The van der Waals surface area contributed by atoms with Crippen molar-refractivity contribution >= 4 is 58.1 Å². The summed E-state index contributed by atoms with van der Waals surface area (Å²) in [6, 6.07) is 3.73. The molecular weight excluding hydrogens is 446 g/mol. The van der Waals surface area contributed by atoms with Crippen LogP contribution in [0.15, 0.2) is 24.3 Å². The molecule has 0 spiro atoms. The van der Waals surface area contributed by atoms with Gasteiger partial charge >= 0.3 is 12.1 Å². The average Bonchev–Trinajstić information content (AvgIpc) is 2.62. The molecule has 1 amide bonds. The second-order valence-corrected chi connectivity index (χ2v) is 6.52. The Hall–Kier alpha value is -2.23. The van der Waals surface area contributed by atoms with E-state index in [1.54, 1.807) is 0 Å². The van der Waals surface area contributed by atoms with Crippen molar-refractivity contribution in [1.82, 2.24) is 4.98 Å². The Labute approximate surface area is 171 Å². The van der Waals surface area contributed by atoms with Gasteiger partial charge in [0, 0.05) is 5.69 Å². The summed E-state index contributed by atoms with van der Waals surface area (Å²) in [5.41, 5.74) is 4.18. The van der Waals surface area contributed by atoms with Gasteiger partial charge in [-0.3, -0.25) is 4.79 Å². The first kappa shape index (κ1) is 22.1. The van der Waals surface area contributed by atoms with E-state index in [4.69, 9.17) is 45.3 Å². The number of nitrogen functional groups attached to an aromatic ring is 1. The van der Waals surface area contributed by atoms with E-state index in [0.717, 1.165) is 24.3 Å². The molecule has 6 nitrogen and oxygen atoms in total. The van der Waals surface area contributed by atoms with E-state index in [1.165, 1.54) is 6.92 Å². The van der Waals surface area contributed by atoms with Gasteiger partial charge in [-0.05, 0) is 31.2 Å². The minimum Gasteiger partial charge on any atom is -0.448 e. The summed E-state index contributed by atoms with van der Waals surface area (Å²) in [6.45, 7) is 1.24. The normalized spacial score (nSPS) is 12.4. The molecular formula is C16H11Cl3F3N3O3. The maximum absolute atomic E-state index is 12.5. The van der Waals surface area contributed by atoms with Gasteiger partial charge in [0.2, 0.25) is 0 Å². The quantitative estimate of drug-likeness (QED) is 0.508. The fourth-order valence-electron chi connectivity index (χ4n) is 1.92. The van der Waals surface area contributed by atoms with Crippen molar-refractivity contribution in [2.24, 2.45) is 0 Å². The van der Waals surface area contributed by atoms with E-state index < -0.39 is 35.4 Å². The van der Waals surface area contributed by atoms with Gasteiger partial charge in [-0.1, -0.05) is 34.8 Å². The van der Waals surface area contributed by atoms with Crippen LogP contribution in [0, 0.1) is 0 Å². The van der Waals surface area contributed by atoms with Gasteiger partial charge in [0.1, 0.15) is 5.02 Å². The molecule has 0 aliphatic rings. The third-order valence-corrected chi connectivity index (χ3v) is 4.53. The molecule has 2 rings (SSSR count). The number of carbonyl (C=O) groups excluding carboxylic acids is 2. The summed E-state index contributed by atoms with van der Waals surface area (Å²) in [6.07, 6.45) is -5.83. The van der Waals surface area contributed by atoms with Gasteiger partial charge in [-0.2, -0.15) is 13.2 Å². The van der Waals surface area contributed by atoms with Crippen LogP contribution in [0.2, 0.25) is 15.2 Å². The maximum Gasteiger partial charge on any atom is 0.416 e. The Bertz CT molecular complexity index is 921. The predicted octanol–water partition coefficient (Wildman–Crippen LogP) is 4.83. The van der Waals surface area contributed by atoms with E-state index in [1.807, 2.05) is 0 Å². The minimum absolute atomic E-state index is 0.0795. The van der Waals surface area contributed by atoms with Crippen LogP contribution >= 0.6 is 34.8 Å². The van der Waals surface area contributed by atoms with Crippen molar-refractivity contribution in [2.75, 3.05) is 11.1 Å². The molecule has 1 aromatic heterocycles. The van der Waals surface area contributed by atoms with Crippen molar-refractivity contribution in [1.29, 1.82) is 0 Å². The molecule has 0 saturated carbocycles. The minimum atomic E-state index is -4.50. The zero-order valence-electron chi connectivity index (χ0n) is 13.9. The number of halogens is 6. The Morgan fingerprint density at radius 1 is 1.14 bits per heavy atom. The topological polar surface area (TPSA) is 94.3 Å². The lowest BCUT2D eigenvalue weighted by Gasteiger charge is -2.15. The molecule has 1 heterocycles. The number of esters is 1. The number of nitrogens with two attached hydrogens (primary N) is 1. The first-order valence-corrected chi connectivity index (χ1v) is 8.54. The number of hydrogen-bond donors (Lipinski definition) is 2. The highest BCUT2D eigenvalue weighted by atomic mass is 35.5. The fourth-order valence-corrected chi connectivity index (χ4v) is 2.51. The summed E-state index contributed by atoms with van der Waals surface area (Å²) in [5.74, 6) is -1.89. The highest BCUT2D eigenvalue weighted by molar-refractivity contribution is 6.46. The molecule has 0 aliphatic heterocycles. The van der Waals surface area contributed by atoms with E-state index >= 15 is 0 Å². The molecule has 2 aromatic rings. The van der Waals surface area contributed by atoms with Crippen LogP contribution in [0.25, 0.3) is 0 Å². The molecule has 12 heteroatoms. The van der Waals surface area contributed by atoms with Crippen LogP contribution in [0.3, 0.4) is 0 Å². The zero-order chi connectivity index (χ0) is 21.2. The second kappa shape index (κ2) is 8.42. The van der Waals surface area contributed by atoms with Crippen LogP contribution in [-0.2, 0) is 15.7 Å². The first-order chi connectivity index (χ1) is 12.9. The van der Waals surface area contributed by atoms with Crippen molar-refractivity contribution < 1.29 is 27.5 Å². The lowest BCUT2D eigenvalue weighted by molar-refractivity contribution is -0.137. The average molecular weight is 457 g/mol. The largest absolute Gasteiger partial charge is 0.448 e. The Kier molecular flexibility index (Phi) is 6.63. The molecule has 1 atom stereocenters. The van der Waals surface area contributed by atoms with Gasteiger partial charge in [0.05, 0.1) is 16.3 Å². The summed E-state index contributed by atoms with van der Waals surface area (Å²) in [4.78, 5) is 27.9. The molecule has 28 heavy (non-hydrogen) atoms. The number of nitrogens with zero attached hydrogens (tertiary/aromatic N) is 1. The van der Waals surface area contributed by atoms with Crippen molar-refractivity contribution in [3.8, 4) is 0 Å². The van der Waals surface area contributed by atoms with Gasteiger partial charge in [0.25, 0.3) is 5.91 Å². The molecule has 1 unspecified atom stereocenters. The fraction of sp³-hybridized carbons (Fsp3) is 0.188. The number of amides is 1. The summed E-state index contributed by atoms with van der Waals surface area (Å²) >= 11 is 17.4. The van der Waals surface area contributed by atoms with E-state index in [2.05, 4.69) is 10.3 Å². The van der Waals surface area contributed by atoms with E-state index in [0.29, 0.717) is 0 Å². The van der Waals surface area contributed by atoms with Gasteiger partial charge in [0.15, 0.2) is 17.0 Å². The molecule has 0 saturated heterocycles. The molecule has 0 radical (unpaired) electrons. The highest BCUT2D eigenvalue weighted by Gasteiger charge is 2.30. The van der Waals surface area contributed by atoms with Crippen molar-refractivity contribution in [3.63, 3.8) is 0 Å². The number of anilines is 2. The maximum atomic E-state index is 12.5. The summed E-state index contributed by atoms with van der Waals surface area (Å²) < 4.78 is 42.6. The first-order valence-electron chi connectivity index (χ1n) is 7.41. The van der Waals surface area contributed by atoms with Crippen LogP contribution in [0.4, 0.5) is 24.5 Å². The highest BCUT2D eigenvalue weighted by Crippen LogP contribution is 2.34. The molecule has 150 valence electrons. The molecule has 0 bridgehead atoms. The number of hydrogen-bond acceptors (Lipinski definition) is 5. The zero-order valence-corrected chi connectivity index (χ0v) is 16.2. The van der Waals surface area contributed by atoms with Crippen LogP contribution < -0.4 is 11.1 Å². The molecule has 0 fully saturated rings. The lowest BCUT2D eigenvalue weighted by Crippen LogP contribution is -2.30. The lowest BCUT2D eigenvalue weighted by atomic mass is 10.2. The second-order valence-electron chi connectivity index (χ2n) is 5.40. The number of pyridine rings is 1. The summed E-state index contributed by atoms with van der Waals surface area (Å²) in [7, 11) is 0. The van der Waals surface area contributed by atoms with E-state index in [9.17, 15) is 22.8 Å². The van der Waals surface area contributed by atoms with Gasteiger partial charge < -0.3 is 15.8 Å². The van der Waals surface area contributed by atoms with Gasteiger partial charge in [-0.25, -0.2) is 9.78 Å². The Balaban J connectivity index is 2.07. The van der Waals surface area contributed by atoms with Crippen molar-refractivity contribution in [3.05, 3.63) is 50.7 Å². The number of ether oxygens (including phenoxy) is 1. The number of benzene rings is 1. The summed E-state index contributed by atoms with van der Waals surface area (Å²) in [5, 5.41) is 1.60.